The van der Waals surface area contributed by atoms with Crippen LogP contribution in [-0.4, -0.2) is 10.9 Å². The van der Waals surface area contributed by atoms with E-state index < -0.39 is 0 Å². The number of aryl methyl sites for hydroxylation is 2. The van der Waals surface area contributed by atoms with E-state index in [1.165, 1.54) is 4.88 Å². The largest absolute Gasteiger partial charge is 0.457 e. The number of nitrogens with one attached hydrogen (secondary N) is 1. The van der Waals surface area contributed by atoms with E-state index in [0.29, 0.717) is 12.5 Å². The Morgan fingerprint density at radius 2 is 1.88 bits per heavy atom. The number of anilines is 1. The second-order valence-corrected chi connectivity index (χ2v) is 6.91. The third-order valence-corrected chi connectivity index (χ3v) is 4.41. The van der Waals surface area contributed by atoms with Gasteiger partial charge in [-0.3, -0.25) is 0 Å². The highest BCUT2D eigenvalue weighted by atomic mass is 32.1. The van der Waals surface area contributed by atoms with Crippen LogP contribution in [0.4, 0.5) is 5.69 Å². The molecule has 6 heteroatoms. The van der Waals surface area contributed by atoms with E-state index in [9.17, 15) is 0 Å². The summed E-state index contributed by atoms with van der Waals surface area (Å²) in [7, 11) is 0. The molecular formula is C19H20N4OS. The molecule has 0 aliphatic rings. The van der Waals surface area contributed by atoms with Crippen LogP contribution in [-0.2, 0) is 6.54 Å². The second kappa shape index (κ2) is 7.81. The van der Waals surface area contributed by atoms with Crippen LogP contribution in [0.1, 0.15) is 15.6 Å². The highest BCUT2D eigenvalue weighted by Gasteiger charge is 2.04. The van der Waals surface area contributed by atoms with Crippen LogP contribution in [0.25, 0.3) is 0 Å². The van der Waals surface area contributed by atoms with Crippen molar-refractivity contribution < 1.29 is 4.74 Å². The number of nitrogens with two attached hydrogens (primary N) is 1. The summed E-state index contributed by atoms with van der Waals surface area (Å²) in [6.45, 7) is 4.50. The molecule has 3 rings (SSSR count). The summed E-state index contributed by atoms with van der Waals surface area (Å²) in [5.41, 5.74) is 7.77. The molecule has 0 aliphatic heterocycles. The summed E-state index contributed by atoms with van der Waals surface area (Å²) in [5.74, 6) is 1.87. The van der Waals surface area contributed by atoms with Gasteiger partial charge in [-0.1, -0.05) is 24.3 Å². The molecule has 0 unspecified atom stereocenters. The number of para-hydroxylation sites is 1. The normalized spacial score (nSPS) is 11.4. The molecule has 1 heterocycles. The molecule has 0 spiro atoms. The van der Waals surface area contributed by atoms with Crippen LogP contribution >= 0.6 is 11.3 Å². The van der Waals surface area contributed by atoms with E-state index in [1.807, 2.05) is 68.4 Å². The van der Waals surface area contributed by atoms with Crippen molar-refractivity contribution in [3.05, 3.63) is 70.2 Å². The van der Waals surface area contributed by atoms with Crippen molar-refractivity contribution in [1.82, 2.24) is 4.98 Å². The first-order chi connectivity index (χ1) is 12.1. The van der Waals surface area contributed by atoms with Gasteiger partial charge in [-0.15, -0.1) is 11.3 Å². The Bertz CT molecular complexity index is 874. The number of hydrogen-bond acceptors (Lipinski definition) is 4. The van der Waals surface area contributed by atoms with Crippen molar-refractivity contribution in [2.75, 3.05) is 5.32 Å². The number of guanidine groups is 1. The molecule has 3 aromatic rings. The summed E-state index contributed by atoms with van der Waals surface area (Å²) in [6.07, 6.45) is 0. The van der Waals surface area contributed by atoms with E-state index in [4.69, 9.17) is 10.5 Å². The topological polar surface area (TPSA) is 72.5 Å². The van der Waals surface area contributed by atoms with Crippen molar-refractivity contribution in [2.24, 2.45) is 10.7 Å². The summed E-state index contributed by atoms with van der Waals surface area (Å²) in [5, 5.41) is 4.13. The van der Waals surface area contributed by atoms with Crippen molar-refractivity contribution in [3.63, 3.8) is 0 Å². The number of thiazole rings is 1. The number of nitrogens with zero attached hydrogens (tertiary/aromatic N) is 2. The van der Waals surface area contributed by atoms with Crippen molar-refractivity contribution in [3.8, 4) is 11.5 Å². The van der Waals surface area contributed by atoms with Crippen molar-refractivity contribution >= 4 is 23.0 Å². The molecule has 3 N–H and O–H groups in total. The molecule has 2 aromatic carbocycles. The maximum Gasteiger partial charge on any atom is 0.193 e. The molecule has 0 radical (unpaired) electrons. The Kier molecular flexibility index (Phi) is 5.30. The minimum absolute atomic E-state index is 0.349. The van der Waals surface area contributed by atoms with Gasteiger partial charge in [0.1, 0.15) is 11.5 Å². The maximum atomic E-state index is 5.99. The molecule has 0 amide bonds. The summed E-state index contributed by atoms with van der Waals surface area (Å²) >= 11 is 1.67. The Balaban J connectivity index is 1.65. The third kappa shape index (κ3) is 4.81. The van der Waals surface area contributed by atoms with Gasteiger partial charge in [0.2, 0.25) is 0 Å². The summed E-state index contributed by atoms with van der Waals surface area (Å²) < 4.78 is 5.82. The van der Waals surface area contributed by atoms with E-state index in [0.717, 1.165) is 27.9 Å². The Morgan fingerprint density at radius 1 is 1.12 bits per heavy atom. The number of aliphatic imine (C=N–C) groups is 1. The van der Waals surface area contributed by atoms with E-state index in [2.05, 4.69) is 15.3 Å². The van der Waals surface area contributed by atoms with Gasteiger partial charge in [0.05, 0.1) is 17.2 Å². The van der Waals surface area contributed by atoms with Gasteiger partial charge in [0, 0.05) is 16.6 Å². The first-order valence-corrected chi connectivity index (χ1v) is 8.74. The Labute approximate surface area is 151 Å². The predicted molar refractivity (Wildman–Crippen MR) is 103 cm³/mol. The lowest BCUT2D eigenvalue weighted by Crippen LogP contribution is -2.22. The first-order valence-electron chi connectivity index (χ1n) is 7.93. The minimum atomic E-state index is 0.349. The lowest BCUT2D eigenvalue weighted by molar-refractivity contribution is 0.483. The summed E-state index contributed by atoms with van der Waals surface area (Å²) in [4.78, 5) is 10.00. The zero-order valence-corrected chi connectivity index (χ0v) is 15.0. The fourth-order valence-electron chi connectivity index (χ4n) is 2.33. The SMILES string of the molecule is Cc1nc(CN=C(N)Nc2cccc(Oc3ccccc3)c2)c(C)s1. The van der Waals surface area contributed by atoms with Gasteiger partial charge in [-0.05, 0) is 38.1 Å². The zero-order valence-electron chi connectivity index (χ0n) is 14.2. The van der Waals surface area contributed by atoms with Gasteiger partial charge in [-0.25, -0.2) is 9.98 Å². The van der Waals surface area contributed by atoms with E-state index in [-0.39, 0.29) is 0 Å². The maximum absolute atomic E-state index is 5.99. The number of benzene rings is 2. The molecule has 0 aliphatic carbocycles. The van der Waals surface area contributed by atoms with Crippen LogP contribution in [0.5, 0.6) is 11.5 Å². The minimum Gasteiger partial charge on any atom is -0.457 e. The van der Waals surface area contributed by atoms with Gasteiger partial charge in [0.25, 0.3) is 0 Å². The number of aromatic nitrogens is 1. The monoisotopic (exact) mass is 352 g/mol. The molecule has 5 nitrogen and oxygen atoms in total. The molecule has 0 saturated heterocycles. The standard InChI is InChI=1S/C19H20N4OS/c1-13-18(22-14(2)25-13)12-21-19(20)23-15-7-6-10-17(11-15)24-16-8-4-3-5-9-16/h3-11H,12H2,1-2H3,(H3,20,21,23). The number of ether oxygens (including phenoxy) is 1. The average molecular weight is 352 g/mol. The Morgan fingerprint density at radius 3 is 2.60 bits per heavy atom. The quantitative estimate of drug-likeness (QED) is 0.524. The third-order valence-electron chi connectivity index (χ3n) is 3.48. The molecule has 0 atom stereocenters. The van der Waals surface area contributed by atoms with Gasteiger partial charge in [-0.2, -0.15) is 0 Å². The molecule has 1 aromatic heterocycles. The van der Waals surface area contributed by atoms with Gasteiger partial charge in [0.15, 0.2) is 5.96 Å². The second-order valence-electron chi connectivity index (χ2n) is 5.51. The molecular weight excluding hydrogens is 332 g/mol. The summed E-state index contributed by atoms with van der Waals surface area (Å²) in [6, 6.07) is 17.2. The Hall–Kier alpha value is -2.86. The van der Waals surface area contributed by atoms with Crippen LogP contribution < -0.4 is 15.8 Å². The first kappa shape index (κ1) is 17.0. The lowest BCUT2D eigenvalue weighted by atomic mass is 10.3. The molecule has 0 fully saturated rings. The van der Waals surface area contributed by atoms with Crippen molar-refractivity contribution in [1.29, 1.82) is 0 Å². The van der Waals surface area contributed by atoms with Crippen molar-refractivity contribution in [2.45, 2.75) is 20.4 Å². The van der Waals surface area contributed by atoms with Gasteiger partial charge < -0.3 is 15.8 Å². The fraction of sp³-hybridized carbons (Fsp3) is 0.158. The number of rotatable bonds is 5. The average Bonchev–Trinajstić information content (AvgIpc) is 2.92. The molecule has 0 saturated carbocycles. The highest BCUT2D eigenvalue weighted by molar-refractivity contribution is 7.11. The van der Waals surface area contributed by atoms with Crippen LogP contribution in [0.3, 0.4) is 0 Å². The fourth-order valence-corrected chi connectivity index (χ4v) is 3.16. The molecule has 0 bridgehead atoms. The van der Waals surface area contributed by atoms with E-state index in [1.54, 1.807) is 11.3 Å². The smallest absolute Gasteiger partial charge is 0.193 e. The van der Waals surface area contributed by atoms with Crippen LogP contribution in [0.2, 0.25) is 0 Å². The van der Waals surface area contributed by atoms with Gasteiger partial charge >= 0.3 is 0 Å². The van der Waals surface area contributed by atoms with Crippen LogP contribution in [0.15, 0.2) is 59.6 Å². The predicted octanol–water partition coefficient (Wildman–Crippen LogP) is 4.48. The van der Waals surface area contributed by atoms with E-state index >= 15 is 0 Å². The molecule has 25 heavy (non-hydrogen) atoms. The molecule has 128 valence electrons. The highest BCUT2D eigenvalue weighted by Crippen LogP contribution is 2.23. The van der Waals surface area contributed by atoms with Crippen LogP contribution in [0, 0.1) is 13.8 Å². The number of hydrogen-bond donors (Lipinski definition) is 2. The lowest BCUT2D eigenvalue weighted by Gasteiger charge is -2.09. The zero-order chi connectivity index (χ0) is 17.6.